The number of rotatable bonds is 7. The number of likely N-dealkylation sites (N-methyl/N-ethyl adjacent to an activating group) is 1. The van der Waals surface area contributed by atoms with Gasteiger partial charge in [0, 0.05) is 46.8 Å². The Morgan fingerprint density at radius 1 is 1.22 bits per heavy atom. The second kappa shape index (κ2) is 10.4. The van der Waals surface area contributed by atoms with E-state index in [1.54, 1.807) is 43.5 Å². The van der Waals surface area contributed by atoms with Gasteiger partial charge in [-0.25, -0.2) is 18.6 Å². The fourth-order valence-corrected chi connectivity index (χ4v) is 5.21. The van der Waals surface area contributed by atoms with Gasteiger partial charge in [0.05, 0.1) is 16.9 Å². The zero-order chi connectivity index (χ0) is 26.0. The molecule has 1 amide bonds. The average Bonchev–Trinajstić information content (AvgIpc) is 3.33. The van der Waals surface area contributed by atoms with E-state index in [-0.39, 0.29) is 17.7 Å². The highest BCUT2D eigenvalue weighted by molar-refractivity contribution is 7.92. The molecule has 0 saturated heterocycles. The number of amides is 1. The lowest BCUT2D eigenvalue weighted by molar-refractivity contribution is -0.138. The Morgan fingerprint density at radius 3 is 2.64 bits per heavy atom. The SMILES string of the molecule is Cc1cc(N=S(C)(C)=O)cc2ncnc(Nc3ccc(F)cc3O[C@H](C)C(=O)N(C)C3CCCC3)c12. The lowest BCUT2D eigenvalue weighted by Crippen LogP contribution is -2.42. The number of benzene rings is 2. The maximum Gasteiger partial charge on any atom is 0.263 e. The lowest BCUT2D eigenvalue weighted by Gasteiger charge is -2.28. The van der Waals surface area contributed by atoms with Crippen molar-refractivity contribution in [1.29, 1.82) is 0 Å². The van der Waals surface area contributed by atoms with Crippen LogP contribution in [0.15, 0.2) is 41.0 Å². The lowest BCUT2D eigenvalue weighted by atomic mass is 10.1. The van der Waals surface area contributed by atoms with E-state index < -0.39 is 21.7 Å². The number of nitrogens with one attached hydrogen (secondary N) is 1. The van der Waals surface area contributed by atoms with E-state index in [2.05, 4.69) is 19.6 Å². The second-order valence-electron chi connectivity index (χ2n) is 9.56. The summed E-state index contributed by atoms with van der Waals surface area (Å²) in [7, 11) is -0.528. The summed E-state index contributed by atoms with van der Waals surface area (Å²) in [6.45, 7) is 3.57. The van der Waals surface area contributed by atoms with Crippen LogP contribution in [0.3, 0.4) is 0 Å². The monoisotopic (exact) mass is 513 g/mol. The van der Waals surface area contributed by atoms with Crippen LogP contribution >= 0.6 is 0 Å². The van der Waals surface area contributed by atoms with E-state index >= 15 is 0 Å². The molecule has 0 unspecified atom stereocenters. The number of fused-ring (bicyclic) bond motifs is 1. The van der Waals surface area contributed by atoms with Gasteiger partial charge in [0.25, 0.3) is 5.91 Å². The number of carbonyl (C=O) groups is 1. The van der Waals surface area contributed by atoms with Gasteiger partial charge in [0.15, 0.2) is 6.10 Å². The van der Waals surface area contributed by atoms with Gasteiger partial charge in [-0.15, -0.1) is 0 Å². The van der Waals surface area contributed by atoms with Gasteiger partial charge in [-0.05, 0) is 56.5 Å². The van der Waals surface area contributed by atoms with Crippen molar-refractivity contribution in [3.05, 3.63) is 48.0 Å². The molecule has 1 aliphatic carbocycles. The Bertz CT molecular complexity index is 1410. The van der Waals surface area contributed by atoms with Gasteiger partial charge in [-0.1, -0.05) is 12.8 Å². The molecule has 0 aliphatic heterocycles. The third-order valence-electron chi connectivity index (χ3n) is 6.31. The Balaban J connectivity index is 1.63. The molecule has 10 heteroatoms. The van der Waals surface area contributed by atoms with Gasteiger partial charge in [-0.3, -0.25) is 4.79 Å². The molecule has 8 nitrogen and oxygen atoms in total. The fourth-order valence-electron chi connectivity index (χ4n) is 4.60. The third-order valence-corrected chi connectivity index (χ3v) is 6.96. The van der Waals surface area contributed by atoms with Gasteiger partial charge in [-0.2, -0.15) is 4.36 Å². The van der Waals surface area contributed by atoms with Gasteiger partial charge < -0.3 is 15.0 Å². The fraction of sp³-hybridized carbons (Fsp3) is 0.423. The third kappa shape index (κ3) is 5.92. The van der Waals surface area contributed by atoms with Crippen LogP contribution in [0.1, 0.15) is 38.2 Å². The van der Waals surface area contributed by atoms with E-state index in [0.717, 1.165) is 36.6 Å². The van der Waals surface area contributed by atoms with Crippen molar-refractivity contribution in [3.63, 3.8) is 0 Å². The normalized spacial score (nSPS) is 15.1. The molecule has 1 atom stereocenters. The molecule has 0 bridgehead atoms. The predicted molar refractivity (Wildman–Crippen MR) is 141 cm³/mol. The summed E-state index contributed by atoms with van der Waals surface area (Å²) >= 11 is 0. The van der Waals surface area contributed by atoms with Crippen molar-refractivity contribution < 1.29 is 18.1 Å². The quantitative estimate of drug-likeness (QED) is 0.458. The van der Waals surface area contributed by atoms with E-state index in [9.17, 15) is 13.4 Å². The van der Waals surface area contributed by atoms with Crippen molar-refractivity contribution >= 4 is 43.7 Å². The number of halogens is 1. The molecule has 1 fully saturated rings. The predicted octanol–water partition coefficient (Wildman–Crippen LogP) is 5.35. The average molecular weight is 514 g/mol. The first-order valence-corrected chi connectivity index (χ1v) is 14.3. The van der Waals surface area contributed by atoms with Crippen LogP contribution in [0, 0.1) is 12.7 Å². The Kier molecular flexibility index (Phi) is 7.44. The van der Waals surface area contributed by atoms with Crippen LogP contribution < -0.4 is 10.1 Å². The van der Waals surface area contributed by atoms with Crippen molar-refractivity contribution in [2.24, 2.45) is 4.36 Å². The number of hydrogen-bond acceptors (Lipinski definition) is 7. The maximum atomic E-state index is 14.2. The smallest absolute Gasteiger partial charge is 0.263 e. The number of aryl methyl sites for hydroxylation is 1. The van der Waals surface area contributed by atoms with E-state index in [4.69, 9.17) is 4.74 Å². The zero-order valence-electron chi connectivity index (χ0n) is 21.2. The van der Waals surface area contributed by atoms with E-state index in [0.29, 0.717) is 22.7 Å². The Hall–Kier alpha value is -3.27. The number of aromatic nitrogens is 2. The first kappa shape index (κ1) is 25.8. The highest BCUT2D eigenvalue weighted by Crippen LogP contribution is 2.34. The summed E-state index contributed by atoms with van der Waals surface area (Å²) in [5.74, 6) is 0.0944. The molecule has 2 aromatic carbocycles. The molecule has 192 valence electrons. The summed E-state index contributed by atoms with van der Waals surface area (Å²) in [6, 6.07) is 7.93. The molecule has 0 radical (unpaired) electrons. The minimum absolute atomic E-state index is 0.139. The van der Waals surface area contributed by atoms with Gasteiger partial charge in [0.1, 0.15) is 23.7 Å². The standard InChI is InChI=1S/C26H32FN5O3S/c1-16-12-19(31-36(4,5)34)14-22-24(16)25(29-15-28-22)30-21-11-10-18(27)13-23(21)35-17(2)26(33)32(3)20-8-6-7-9-20/h10-15,17,20H,6-9H2,1-5H3,(H,28,29,30)/t17-/m1/s1. The van der Waals surface area contributed by atoms with Crippen molar-refractivity contribution in [3.8, 4) is 5.75 Å². The molecule has 1 saturated carbocycles. The van der Waals surface area contributed by atoms with Crippen LogP contribution in [0.2, 0.25) is 0 Å². The summed E-state index contributed by atoms with van der Waals surface area (Å²) in [5, 5.41) is 3.97. The van der Waals surface area contributed by atoms with Gasteiger partial charge >= 0.3 is 0 Å². The summed E-state index contributed by atoms with van der Waals surface area (Å²) in [4.78, 5) is 23.5. The number of carbonyl (C=O) groups excluding carboxylic acids is 1. The van der Waals surface area contributed by atoms with Crippen LogP contribution in [0.4, 0.5) is 21.6 Å². The van der Waals surface area contributed by atoms with Crippen LogP contribution in [0.5, 0.6) is 5.75 Å². The number of anilines is 2. The molecular weight excluding hydrogens is 481 g/mol. The first-order valence-electron chi connectivity index (χ1n) is 11.9. The largest absolute Gasteiger partial charge is 0.479 e. The van der Waals surface area contributed by atoms with Crippen molar-refractivity contribution in [1.82, 2.24) is 14.9 Å². The molecule has 1 aromatic heterocycles. The van der Waals surface area contributed by atoms with Crippen LogP contribution in [-0.2, 0) is 14.5 Å². The topological polar surface area (TPSA) is 96.8 Å². The number of nitrogens with zero attached hydrogens (tertiary/aromatic N) is 4. The minimum atomic E-state index is -2.33. The van der Waals surface area contributed by atoms with Crippen LogP contribution in [-0.4, -0.2) is 56.7 Å². The second-order valence-corrected chi connectivity index (χ2v) is 12.1. The first-order chi connectivity index (χ1) is 17.0. The number of hydrogen-bond donors (Lipinski definition) is 1. The highest BCUT2D eigenvalue weighted by atomic mass is 32.2. The molecular formula is C26H32FN5O3S. The molecule has 1 heterocycles. The minimum Gasteiger partial charge on any atom is -0.479 e. The number of ether oxygens (including phenoxy) is 1. The molecule has 0 spiro atoms. The Morgan fingerprint density at radius 2 is 1.94 bits per heavy atom. The van der Waals surface area contributed by atoms with Crippen LogP contribution in [0.25, 0.3) is 10.9 Å². The maximum absolute atomic E-state index is 14.2. The van der Waals surface area contributed by atoms with Crippen molar-refractivity contribution in [2.75, 3.05) is 24.9 Å². The van der Waals surface area contributed by atoms with E-state index in [1.165, 1.54) is 18.5 Å². The van der Waals surface area contributed by atoms with Crippen molar-refractivity contribution in [2.45, 2.75) is 51.7 Å². The highest BCUT2D eigenvalue weighted by Gasteiger charge is 2.28. The molecule has 3 aromatic rings. The van der Waals surface area contributed by atoms with E-state index in [1.807, 2.05) is 13.0 Å². The summed E-state index contributed by atoms with van der Waals surface area (Å²) in [5.41, 5.74) is 2.51. The Labute approximate surface area is 211 Å². The molecule has 1 N–H and O–H groups in total. The summed E-state index contributed by atoms with van der Waals surface area (Å²) in [6.07, 6.45) is 7.99. The molecule has 36 heavy (non-hydrogen) atoms. The molecule has 1 aliphatic rings. The zero-order valence-corrected chi connectivity index (χ0v) is 22.1. The van der Waals surface area contributed by atoms with Gasteiger partial charge in [0.2, 0.25) is 0 Å². The summed E-state index contributed by atoms with van der Waals surface area (Å²) < 4.78 is 36.6. The molecule has 4 rings (SSSR count).